The van der Waals surface area contributed by atoms with Crippen LogP contribution in [0.5, 0.6) is 0 Å². The first-order valence-electron chi connectivity index (χ1n) is 2.82. The second-order valence-electron chi connectivity index (χ2n) is 2.21. The van der Waals surface area contributed by atoms with Crippen LogP contribution < -0.4 is 0 Å². The van der Waals surface area contributed by atoms with Crippen molar-refractivity contribution in [1.82, 2.24) is 0 Å². The van der Waals surface area contributed by atoms with Gasteiger partial charge in [0, 0.05) is 0 Å². The SMILES string of the molecule is CC1O[C@H](O)[C@H](O)[C@@H]1O. The van der Waals surface area contributed by atoms with Gasteiger partial charge in [-0.05, 0) is 6.92 Å². The van der Waals surface area contributed by atoms with E-state index in [9.17, 15) is 0 Å². The summed E-state index contributed by atoms with van der Waals surface area (Å²) in [4.78, 5) is 0. The predicted molar refractivity (Wildman–Crippen MR) is 28.6 cm³/mol. The maximum absolute atomic E-state index is 8.90. The third-order valence-electron chi connectivity index (χ3n) is 1.48. The molecule has 4 nitrogen and oxygen atoms in total. The molecule has 1 saturated heterocycles. The van der Waals surface area contributed by atoms with E-state index < -0.39 is 24.6 Å². The number of hydrogen-bond donors (Lipinski definition) is 3. The molecule has 0 radical (unpaired) electrons. The Balaban J connectivity index is 2.54. The fourth-order valence-corrected chi connectivity index (χ4v) is 0.827. The Hall–Kier alpha value is -0.160. The first kappa shape index (κ1) is 6.95. The lowest BCUT2D eigenvalue weighted by Gasteiger charge is -2.07. The number of rotatable bonds is 0. The first-order valence-corrected chi connectivity index (χ1v) is 2.82. The minimum Gasteiger partial charge on any atom is -0.388 e. The third-order valence-corrected chi connectivity index (χ3v) is 1.48. The summed E-state index contributed by atoms with van der Waals surface area (Å²) in [5.74, 6) is 0. The van der Waals surface area contributed by atoms with E-state index in [2.05, 4.69) is 4.74 Å². The summed E-state index contributed by atoms with van der Waals surface area (Å²) in [6.45, 7) is 1.59. The predicted octanol–water partition coefficient (Wildman–Crippen LogP) is -1.55. The molecule has 1 fully saturated rings. The fourth-order valence-electron chi connectivity index (χ4n) is 0.827. The highest BCUT2D eigenvalue weighted by atomic mass is 16.6. The lowest BCUT2D eigenvalue weighted by atomic mass is 10.2. The lowest BCUT2D eigenvalue weighted by molar-refractivity contribution is -0.124. The van der Waals surface area contributed by atoms with Crippen LogP contribution in [-0.2, 0) is 4.74 Å². The number of ether oxygens (including phenoxy) is 1. The van der Waals surface area contributed by atoms with Crippen LogP contribution in [0.25, 0.3) is 0 Å². The highest BCUT2D eigenvalue weighted by Crippen LogP contribution is 2.18. The van der Waals surface area contributed by atoms with E-state index in [1.54, 1.807) is 6.92 Å². The van der Waals surface area contributed by atoms with Gasteiger partial charge in [0.15, 0.2) is 6.29 Å². The molecule has 0 aromatic carbocycles. The van der Waals surface area contributed by atoms with Gasteiger partial charge >= 0.3 is 0 Å². The largest absolute Gasteiger partial charge is 0.388 e. The summed E-state index contributed by atoms with van der Waals surface area (Å²) in [5.41, 5.74) is 0. The highest BCUT2D eigenvalue weighted by Gasteiger charge is 2.38. The quantitative estimate of drug-likeness (QED) is 0.375. The Morgan fingerprint density at radius 3 is 1.78 bits per heavy atom. The summed E-state index contributed by atoms with van der Waals surface area (Å²) >= 11 is 0. The Morgan fingerprint density at radius 2 is 1.67 bits per heavy atom. The van der Waals surface area contributed by atoms with Gasteiger partial charge in [-0.2, -0.15) is 0 Å². The van der Waals surface area contributed by atoms with Crippen molar-refractivity contribution in [3.05, 3.63) is 0 Å². The van der Waals surface area contributed by atoms with Gasteiger partial charge in [0.05, 0.1) is 6.10 Å². The molecule has 1 unspecified atom stereocenters. The van der Waals surface area contributed by atoms with Gasteiger partial charge in [0.1, 0.15) is 12.2 Å². The molecule has 54 valence electrons. The minimum atomic E-state index is -1.23. The van der Waals surface area contributed by atoms with Gasteiger partial charge in [-0.3, -0.25) is 0 Å². The molecular weight excluding hydrogens is 124 g/mol. The normalized spacial score (nSPS) is 52.0. The van der Waals surface area contributed by atoms with Gasteiger partial charge in [0.2, 0.25) is 0 Å². The van der Waals surface area contributed by atoms with Gasteiger partial charge in [0.25, 0.3) is 0 Å². The maximum atomic E-state index is 8.90. The van der Waals surface area contributed by atoms with E-state index in [-0.39, 0.29) is 0 Å². The molecule has 3 N–H and O–H groups in total. The van der Waals surface area contributed by atoms with Crippen molar-refractivity contribution in [2.24, 2.45) is 0 Å². The van der Waals surface area contributed by atoms with Crippen LogP contribution in [0.3, 0.4) is 0 Å². The summed E-state index contributed by atoms with van der Waals surface area (Å²) in [6, 6.07) is 0. The zero-order valence-corrected chi connectivity index (χ0v) is 5.06. The zero-order chi connectivity index (χ0) is 7.02. The van der Waals surface area contributed by atoms with Crippen LogP contribution in [0.1, 0.15) is 6.92 Å². The molecule has 0 spiro atoms. The molecule has 4 atom stereocenters. The number of aliphatic hydroxyl groups excluding tert-OH is 3. The van der Waals surface area contributed by atoms with E-state index in [1.165, 1.54) is 0 Å². The van der Waals surface area contributed by atoms with Crippen LogP contribution >= 0.6 is 0 Å². The van der Waals surface area contributed by atoms with Crippen LogP contribution in [0, 0.1) is 0 Å². The Bertz CT molecular complexity index is 93.1. The first-order chi connectivity index (χ1) is 4.13. The van der Waals surface area contributed by atoms with E-state index in [1.807, 2.05) is 0 Å². The van der Waals surface area contributed by atoms with E-state index in [0.717, 1.165) is 0 Å². The molecule has 1 heterocycles. The van der Waals surface area contributed by atoms with Crippen LogP contribution in [0.4, 0.5) is 0 Å². The monoisotopic (exact) mass is 134 g/mol. The minimum absolute atomic E-state index is 0.477. The van der Waals surface area contributed by atoms with E-state index in [4.69, 9.17) is 15.3 Å². The third kappa shape index (κ3) is 1.07. The lowest BCUT2D eigenvalue weighted by Crippen LogP contribution is -2.31. The molecule has 0 aromatic rings. The summed E-state index contributed by atoms with van der Waals surface area (Å²) < 4.78 is 4.64. The van der Waals surface area contributed by atoms with Crippen molar-refractivity contribution in [2.75, 3.05) is 0 Å². The molecule has 0 bridgehead atoms. The molecule has 1 aliphatic heterocycles. The van der Waals surface area contributed by atoms with Crippen molar-refractivity contribution in [3.8, 4) is 0 Å². The van der Waals surface area contributed by atoms with Crippen molar-refractivity contribution in [3.63, 3.8) is 0 Å². The van der Waals surface area contributed by atoms with E-state index >= 15 is 0 Å². The molecule has 0 saturated carbocycles. The van der Waals surface area contributed by atoms with Crippen molar-refractivity contribution in [1.29, 1.82) is 0 Å². The summed E-state index contributed by atoms with van der Waals surface area (Å²) in [5, 5.41) is 26.4. The smallest absolute Gasteiger partial charge is 0.183 e. The number of aliphatic hydroxyl groups is 3. The van der Waals surface area contributed by atoms with Crippen molar-refractivity contribution in [2.45, 2.75) is 31.5 Å². The van der Waals surface area contributed by atoms with Crippen molar-refractivity contribution >= 4 is 0 Å². The molecule has 9 heavy (non-hydrogen) atoms. The molecule has 0 aromatic heterocycles. The summed E-state index contributed by atoms with van der Waals surface area (Å²) in [7, 11) is 0. The number of hydrogen-bond acceptors (Lipinski definition) is 4. The highest BCUT2D eigenvalue weighted by molar-refractivity contribution is 4.82. The Morgan fingerprint density at radius 1 is 1.11 bits per heavy atom. The molecular formula is C5H10O4. The van der Waals surface area contributed by atoms with Gasteiger partial charge < -0.3 is 20.1 Å². The fraction of sp³-hybridized carbons (Fsp3) is 1.00. The standard InChI is InChI=1S/C5H10O4/c1-2-3(6)4(7)5(8)9-2/h2-8H,1H3/t2?,3-,4-,5+/m1/s1. The summed E-state index contributed by atoms with van der Waals surface area (Å²) in [6.07, 6.45) is -3.81. The topological polar surface area (TPSA) is 69.9 Å². The average Bonchev–Trinajstić information content (AvgIpc) is 1.98. The molecule has 1 rings (SSSR count). The molecule has 1 aliphatic rings. The molecule has 0 aliphatic carbocycles. The Labute approximate surface area is 52.7 Å². The second kappa shape index (κ2) is 2.22. The van der Waals surface area contributed by atoms with Crippen LogP contribution in [0.15, 0.2) is 0 Å². The second-order valence-corrected chi connectivity index (χ2v) is 2.21. The zero-order valence-electron chi connectivity index (χ0n) is 5.06. The van der Waals surface area contributed by atoms with Gasteiger partial charge in [-0.25, -0.2) is 0 Å². The average molecular weight is 134 g/mol. The maximum Gasteiger partial charge on any atom is 0.183 e. The van der Waals surface area contributed by atoms with Crippen molar-refractivity contribution < 1.29 is 20.1 Å². The van der Waals surface area contributed by atoms with Crippen LogP contribution in [0.2, 0.25) is 0 Å². The molecule has 0 amide bonds. The van der Waals surface area contributed by atoms with Crippen LogP contribution in [-0.4, -0.2) is 39.9 Å². The van der Waals surface area contributed by atoms with Gasteiger partial charge in [-0.15, -0.1) is 0 Å². The molecule has 4 heteroatoms. The van der Waals surface area contributed by atoms with E-state index in [0.29, 0.717) is 0 Å². The Kier molecular flexibility index (Phi) is 1.72. The van der Waals surface area contributed by atoms with Gasteiger partial charge in [-0.1, -0.05) is 0 Å².